The first-order valence-corrected chi connectivity index (χ1v) is 11.0. The third kappa shape index (κ3) is 5.30. The molecule has 0 saturated carbocycles. The van der Waals surface area contributed by atoms with E-state index in [4.69, 9.17) is 13.7 Å². The van der Waals surface area contributed by atoms with E-state index in [-0.39, 0.29) is 24.3 Å². The van der Waals surface area contributed by atoms with Crippen molar-refractivity contribution in [3.63, 3.8) is 0 Å². The van der Waals surface area contributed by atoms with Crippen LogP contribution in [0.5, 0.6) is 0 Å². The average Bonchev–Trinajstić information content (AvgIpc) is 3.11. The fourth-order valence-electron chi connectivity index (χ4n) is 3.38. The number of hydrogen-bond acceptors (Lipinski definition) is 8. The average molecular weight is 452 g/mol. The predicted octanol–water partition coefficient (Wildman–Crippen LogP) is 1.03. The summed E-state index contributed by atoms with van der Waals surface area (Å²) in [6.45, 7) is 3.04. The molecular weight excluding hydrogens is 428 g/mol. The first-order valence-electron chi connectivity index (χ1n) is 9.61. The van der Waals surface area contributed by atoms with Gasteiger partial charge in [0.15, 0.2) is 0 Å². The van der Waals surface area contributed by atoms with Gasteiger partial charge in [0, 0.05) is 17.7 Å². The van der Waals surface area contributed by atoms with Gasteiger partial charge in [0.2, 0.25) is 0 Å². The maximum absolute atomic E-state index is 12.5. The number of ether oxygens (including phenoxy) is 2. The van der Waals surface area contributed by atoms with Crippen LogP contribution in [0.15, 0.2) is 44.9 Å². The van der Waals surface area contributed by atoms with Crippen molar-refractivity contribution in [1.82, 2.24) is 9.55 Å². The van der Waals surface area contributed by atoms with E-state index in [9.17, 15) is 22.8 Å². The van der Waals surface area contributed by atoms with Crippen molar-refractivity contribution in [3.05, 3.63) is 62.4 Å². The molecule has 2 heterocycles. The van der Waals surface area contributed by atoms with Gasteiger partial charge in [-0.2, -0.15) is 8.42 Å². The Balaban J connectivity index is 1.80. The molecule has 0 radical (unpaired) electrons. The van der Waals surface area contributed by atoms with Crippen LogP contribution in [-0.4, -0.2) is 43.8 Å². The minimum Gasteiger partial charge on any atom is -0.469 e. The molecule has 1 aromatic heterocycles. The summed E-state index contributed by atoms with van der Waals surface area (Å²) >= 11 is 0. The van der Waals surface area contributed by atoms with Gasteiger partial charge in [0.1, 0.15) is 6.23 Å². The van der Waals surface area contributed by atoms with Gasteiger partial charge in [-0.25, -0.2) is 4.79 Å². The lowest BCUT2D eigenvalue weighted by molar-refractivity contribution is -0.142. The van der Waals surface area contributed by atoms with Crippen LogP contribution in [0.4, 0.5) is 0 Å². The van der Waals surface area contributed by atoms with Gasteiger partial charge in [-0.15, -0.1) is 0 Å². The van der Waals surface area contributed by atoms with Crippen LogP contribution in [0, 0.1) is 19.8 Å². The van der Waals surface area contributed by atoms with E-state index in [1.165, 1.54) is 30.0 Å². The van der Waals surface area contributed by atoms with Crippen molar-refractivity contribution in [2.24, 2.45) is 5.92 Å². The van der Waals surface area contributed by atoms with Crippen molar-refractivity contribution in [3.8, 4) is 0 Å². The standard InChI is InChI=1S/C20H24N2O8S/c1-12-4-6-15(7-5-12)31(26,27)29-11-16-14(9-18(23)28-3)8-17(30-16)22-10-13(2)19(24)21-20(22)25/h4-7,10,14,16-17H,8-9,11H2,1-3H3,(H,21,24,25)/t14-,16-,17-/m1/s1. The Hall–Kier alpha value is -2.76. The minimum absolute atomic E-state index is 0.00430. The molecule has 10 nitrogen and oxygen atoms in total. The van der Waals surface area contributed by atoms with Gasteiger partial charge in [0.25, 0.3) is 15.7 Å². The second-order valence-corrected chi connectivity index (χ2v) is 9.05. The summed E-state index contributed by atoms with van der Waals surface area (Å²) in [5.41, 5.74) is 0.0516. The number of hydrogen-bond donors (Lipinski definition) is 1. The molecular formula is C20H24N2O8S. The maximum Gasteiger partial charge on any atom is 0.330 e. The molecule has 168 valence electrons. The van der Waals surface area contributed by atoms with E-state index in [1.807, 2.05) is 6.92 Å². The van der Waals surface area contributed by atoms with Gasteiger partial charge >= 0.3 is 11.7 Å². The van der Waals surface area contributed by atoms with E-state index in [0.717, 1.165) is 5.56 Å². The number of nitrogens with one attached hydrogen (secondary N) is 1. The molecule has 0 aliphatic carbocycles. The molecule has 31 heavy (non-hydrogen) atoms. The SMILES string of the molecule is COC(=O)C[C@H]1C[C@H](n2cc(C)c(=O)[nH]c2=O)O[C@@H]1COS(=O)(=O)c1ccc(C)cc1. The summed E-state index contributed by atoms with van der Waals surface area (Å²) in [4.78, 5) is 37.9. The lowest BCUT2D eigenvalue weighted by atomic mass is 9.97. The minimum atomic E-state index is -4.04. The van der Waals surface area contributed by atoms with E-state index < -0.39 is 45.6 Å². The molecule has 0 amide bonds. The number of methoxy groups -OCH3 is 1. The molecule has 1 fully saturated rings. The lowest BCUT2D eigenvalue weighted by Gasteiger charge is -2.18. The van der Waals surface area contributed by atoms with E-state index in [2.05, 4.69) is 4.98 Å². The summed E-state index contributed by atoms with van der Waals surface area (Å²) in [5.74, 6) is -0.949. The van der Waals surface area contributed by atoms with E-state index in [0.29, 0.717) is 5.56 Å². The van der Waals surface area contributed by atoms with Crippen LogP contribution >= 0.6 is 0 Å². The molecule has 1 aliphatic heterocycles. The molecule has 1 aromatic carbocycles. The highest BCUT2D eigenvalue weighted by Gasteiger charge is 2.39. The number of aryl methyl sites for hydroxylation is 2. The monoisotopic (exact) mass is 452 g/mol. The summed E-state index contributed by atoms with van der Waals surface area (Å²) in [7, 11) is -2.79. The van der Waals surface area contributed by atoms with Crippen molar-refractivity contribution in [1.29, 1.82) is 0 Å². The number of carbonyl (C=O) groups is 1. The molecule has 3 rings (SSSR count). The van der Waals surface area contributed by atoms with Crippen LogP contribution < -0.4 is 11.2 Å². The Morgan fingerprint density at radius 3 is 2.55 bits per heavy atom. The molecule has 3 atom stereocenters. The third-order valence-electron chi connectivity index (χ3n) is 5.17. The normalized spacial score (nSPS) is 21.2. The largest absolute Gasteiger partial charge is 0.469 e. The molecule has 2 aromatic rings. The number of nitrogens with zero attached hydrogens (tertiary/aromatic N) is 1. The Bertz CT molecular complexity index is 1170. The van der Waals surface area contributed by atoms with Crippen molar-refractivity contribution in [2.45, 2.75) is 43.9 Å². The van der Waals surface area contributed by atoms with E-state index >= 15 is 0 Å². The fourth-order valence-corrected chi connectivity index (χ4v) is 4.29. The summed E-state index contributed by atoms with van der Waals surface area (Å²) in [6, 6.07) is 6.20. The first kappa shape index (κ1) is 22.9. The van der Waals surface area contributed by atoms with Crippen LogP contribution in [0.1, 0.15) is 30.2 Å². The predicted molar refractivity (Wildman–Crippen MR) is 109 cm³/mol. The topological polar surface area (TPSA) is 134 Å². The quantitative estimate of drug-likeness (QED) is 0.486. The van der Waals surface area contributed by atoms with Gasteiger partial charge < -0.3 is 9.47 Å². The number of rotatable bonds is 7. The number of aromatic nitrogens is 2. The number of H-pyrrole nitrogens is 1. The summed E-state index contributed by atoms with van der Waals surface area (Å²) in [5, 5.41) is 0. The molecule has 0 spiro atoms. The van der Waals surface area contributed by atoms with Crippen molar-refractivity contribution in [2.75, 3.05) is 13.7 Å². The zero-order chi connectivity index (χ0) is 22.8. The molecule has 1 N–H and O–H groups in total. The Kier molecular flexibility index (Phi) is 6.77. The van der Waals surface area contributed by atoms with Crippen LogP contribution in [0.25, 0.3) is 0 Å². The molecule has 0 bridgehead atoms. The van der Waals surface area contributed by atoms with E-state index in [1.54, 1.807) is 19.1 Å². The molecule has 0 unspecified atom stereocenters. The summed E-state index contributed by atoms with van der Waals surface area (Å²) in [6.07, 6.45) is -0.0217. The highest BCUT2D eigenvalue weighted by molar-refractivity contribution is 7.86. The smallest absolute Gasteiger partial charge is 0.330 e. The number of aromatic amines is 1. The number of esters is 1. The number of carbonyl (C=O) groups excluding carboxylic acids is 1. The molecule has 1 aliphatic rings. The van der Waals surface area contributed by atoms with Gasteiger partial charge in [-0.05, 0) is 32.4 Å². The number of benzene rings is 1. The van der Waals surface area contributed by atoms with Crippen molar-refractivity contribution >= 4 is 16.1 Å². The van der Waals surface area contributed by atoms with Gasteiger partial charge in [0.05, 0.1) is 31.1 Å². The molecule has 11 heteroatoms. The Morgan fingerprint density at radius 2 is 1.90 bits per heavy atom. The van der Waals surface area contributed by atoms with Gasteiger partial charge in [-0.3, -0.25) is 23.3 Å². The lowest BCUT2D eigenvalue weighted by Crippen LogP contribution is -2.33. The van der Waals surface area contributed by atoms with Crippen LogP contribution in [0.3, 0.4) is 0 Å². The molecule has 1 saturated heterocycles. The van der Waals surface area contributed by atoms with Crippen molar-refractivity contribution < 1.29 is 26.9 Å². The maximum atomic E-state index is 12.5. The van der Waals surface area contributed by atoms with Crippen LogP contribution in [-0.2, 0) is 28.6 Å². The zero-order valence-electron chi connectivity index (χ0n) is 17.4. The zero-order valence-corrected chi connectivity index (χ0v) is 18.2. The Labute approximate surface area is 178 Å². The summed E-state index contributed by atoms with van der Waals surface area (Å²) < 4.78 is 42.0. The third-order valence-corrected chi connectivity index (χ3v) is 6.47. The van der Waals surface area contributed by atoms with Crippen LogP contribution in [0.2, 0.25) is 0 Å². The highest BCUT2D eigenvalue weighted by Crippen LogP contribution is 2.35. The van der Waals surface area contributed by atoms with Gasteiger partial charge in [-0.1, -0.05) is 17.7 Å². The second-order valence-electron chi connectivity index (χ2n) is 7.44. The first-order chi connectivity index (χ1) is 14.6. The highest BCUT2D eigenvalue weighted by atomic mass is 32.2. The second kappa shape index (κ2) is 9.16. The fraction of sp³-hybridized carbons (Fsp3) is 0.450. The Morgan fingerprint density at radius 1 is 1.23 bits per heavy atom.